The summed E-state index contributed by atoms with van der Waals surface area (Å²) < 4.78 is 1.64. The van der Waals surface area contributed by atoms with Crippen LogP contribution < -0.4 is 0 Å². The van der Waals surface area contributed by atoms with Crippen LogP contribution in [0.1, 0.15) is 16.1 Å². The normalized spacial score (nSPS) is 10.7. The van der Waals surface area contributed by atoms with Crippen molar-refractivity contribution in [1.82, 2.24) is 9.78 Å². The van der Waals surface area contributed by atoms with Crippen molar-refractivity contribution in [2.45, 2.75) is 6.54 Å². The molecule has 4 nitrogen and oxygen atoms in total. The van der Waals surface area contributed by atoms with Crippen molar-refractivity contribution in [3.05, 3.63) is 66.0 Å². The lowest BCUT2D eigenvalue weighted by molar-refractivity contribution is 0.0689. The van der Waals surface area contributed by atoms with Gasteiger partial charge in [0.25, 0.3) is 0 Å². The zero-order valence-electron chi connectivity index (χ0n) is 10.2. The number of nitrogens with zero attached hydrogens (tertiary/aromatic N) is 2. The van der Waals surface area contributed by atoms with Gasteiger partial charge in [0, 0.05) is 6.20 Å². The minimum atomic E-state index is -1.00. The SMILES string of the molecule is O=C(O)c1ccn(Cc2cccc3ccccc23)n1. The zero-order chi connectivity index (χ0) is 13.2. The average Bonchev–Trinajstić information content (AvgIpc) is 2.88. The summed E-state index contributed by atoms with van der Waals surface area (Å²) in [4.78, 5) is 10.8. The van der Waals surface area contributed by atoms with E-state index in [4.69, 9.17) is 5.11 Å². The summed E-state index contributed by atoms with van der Waals surface area (Å²) in [5.74, 6) is -1.00. The molecule has 0 unspecified atom stereocenters. The van der Waals surface area contributed by atoms with Gasteiger partial charge in [-0.1, -0.05) is 42.5 Å². The third kappa shape index (κ3) is 2.20. The van der Waals surface area contributed by atoms with Crippen molar-refractivity contribution in [3.8, 4) is 0 Å². The fourth-order valence-electron chi connectivity index (χ4n) is 2.17. The lowest BCUT2D eigenvalue weighted by Crippen LogP contribution is -2.04. The van der Waals surface area contributed by atoms with Gasteiger partial charge in [0.15, 0.2) is 5.69 Å². The highest BCUT2D eigenvalue weighted by Gasteiger charge is 2.07. The highest BCUT2D eigenvalue weighted by Crippen LogP contribution is 2.19. The molecule has 0 spiro atoms. The molecule has 0 saturated heterocycles. The molecule has 0 aliphatic heterocycles. The summed E-state index contributed by atoms with van der Waals surface area (Å²) >= 11 is 0. The minimum Gasteiger partial charge on any atom is -0.476 e. The molecular weight excluding hydrogens is 240 g/mol. The Kier molecular flexibility index (Phi) is 2.76. The number of aromatic nitrogens is 2. The molecule has 0 aliphatic carbocycles. The van der Waals surface area contributed by atoms with Crippen LogP contribution in [0, 0.1) is 0 Å². The smallest absolute Gasteiger partial charge is 0.356 e. The quantitative estimate of drug-likeness (QED) is 0.779. The number of fused-ring (bicyclic) bond motifs is 1. The van der Waals surface area contributed by atoms with E-state index in [1.807, 2.05) is 24.3 Å². The van der Waals surface area contributed by atoms with Gasteiger partial charge >= 0.3 is 5.97 Å². The molecule has 0 aliphatic rings. The first kappa shape index (κ1) is 11.5. The average molecular weight is 252 g/mol. The van der Waals surface area contributed by atoms with E-state index in [9.17, 15) is 4.79 Å². The van der Waals surface area contributed by atoms with Crippen molar-refractivity contribution in [3.63, 3.8) is 0 Å². The molecule has 1 aromatic heterocycles. The van der Waals surface area contributed by atoms with Gasteiger partial charge in [-0.25, -0.2) is 4.79 Å². The van der Waals surface area contributed by atoms with E-state index in [0.29, 0.717) is 6.54 Å². The molecule has 1 N–H and O–H groups in total. The minimum absolute atomic E-state index is 0.0697. The number of benzene rings is 2. The van der Waals surface area contributed by atoms with Crippen molar-refractivity contribution in [1.29, 1.82) is 0 Å². The van der Waals surface area contributed by atoms with Gasteiger partial charge in [-0.3, -0.25) is 4.68 Å². The summed E-state index contributed by atoms with van der Waals surface area (Å²) in [6.07, 6.45) is 1.69. The maximum absolute atomic E-state index is 10.8. The lowest BCUT2D eigenvalue weighted by Gasteiger charge is -2.06. The lowest BCUT2D eigenvalue weighted by atomic mass is 10.0. The number of carbonyl (C=O) groups is 1. The Labute approximate surface area is 109 Å². The van der Waals surface area contributed by atoms with Gasteiger partial charge in [-0.15, -0.1) is 0 Å². The van der Waals surface area contributed by atoms with Gasteiger partial charge in [0.05, 0.1) is 6.54 Å². The van der Waals surface area contributed by atoms with Crippen molar-refractivity contribution in [2.75, 3.05) is 0 Å². The van der Waals surface area contributed by atoms with Gasteiger partial charge in [-0.05, 0) is 22.4 Å². The Morgan fingerprint density at radius 1 is 1.11 bits per heavy atom. The number of hydrogen-bond donors (Lipinski definition) is 1. The van der Waals surface area contributed by atoms with Gasteiger partial charge in [-0.2, -0.15) is 5.10 Å². The summed E-state index contributed by atoms with van der Waals surface area (Å²) in [5.41, 5.74) is 1.19. The number of aromatic carboxylic acids is 1. The van der Waals surface area contributed by atoms with E-state index in [-0.39, 0.29) is 5.69 Å². The van der Waals surface area contributed by atoms with Crippen LogP contribution in [-0.2, 0) is 6.54 Å². The molecule has 0 bridgehead atoms. The van der Waals surface area contributed by atoms with Gasteiger partial charge < -0.3 is 5.11 Å². The maximum atomic E-state index is 10.8. The Morgan fingerprint density at radius 2 is 1.89 bits per heavy atom. The third-order valence-corrected chi connectivity index (χ3v) is 3.07. The highest BCUT2D eigenvalue weighted by atomic mass is 16.4. The van der Waals surface area contributed by atoms with Gasteiger partial charge in [0.2, 0.25) is 0 Å². The Hall–Kier alpha value is -2.62. The van der Waals surface area contributed by atoms with E-state index < -0.39 is 5.97 Å². The standard InChI is InChI=1S/C15H12N2O2/c18-15(19)14-8-9-17(16-14)10-12-6-3-5-11-4-1-2-7-13(11)12/h1-9H,10H2,(H,18,19). The number of carboxylic acids is 1. The van der Waals surface area contributed by atoms with E-state index in [1.54, 1.807) is 10.9 Å². The first-order valence-electron chi connectivity index (χ1n) is 5.97. The molecule has 0 saturated carbocycles. The fraction of sp³-hybridized carbons (Fsp3) is 0.0667. The largest absolute Gasteiger partial charge is 0.476 e. The van der Waals surface area contributed by atoms with Gasteiger partial charge in [0.1, 0.15) is 0 Å². The molecule has 2 aromatic carbocycles. The van der Waals surface area contributed by atoms with Crippen LogP contribution in [0.15, 0.2) is 54.7 Å². The molecule has 1 heterocycles. The number of carboxylic acid groups (broad SMARTS) is 1. The first-order valence-corrected chi connectivity index (χ1v) is 5.97. The first-order chi connectivity index (χ1) is 9.24. The number of hydrogen-bond acceptors (Lipinski definition) is 2. The number of rotatable bonds is 3. The summed E-state index contributed by atoms with van der Waals surface area (Å²) in [6, 6.07) is 15.7. The van der Waals surface area contributed by atoms with Crippen LogP contribution in [0.25, 0.3) is 10.8 Å². The van der Waals surface area contributed by atoms with E-state index in [2.05, 4.69) is 23.3 Å². The topological polar surface area (TPSA) is 55.1 Å². The van der Waals surface area contributed by atoms with Crippen LogP contribution in [0.5, 0.6) is 0 Å². The summed E-state index contributed by atoms with van der Waals surface area (Å²) in [6.45, 7) is 0.564. The predicted octanol–water partition coefficient (Wildman–Crippen LogP) is 2.78. The molecule has 0 radical (unpaired) electrons. The van der Waals surface area contributed by atoms with Crippen LogP contribution in [0.2, 0.25) is 0 Å². The molecule has 0 fully saturated rings. The second-order valence-corrected chi connectivity index (χ2v) is 4.34. The third-order valence-electron chi connectivity index (χ3n) is 3.07. The van der Waals surface area contributed by atoms with Crippen LogP contribution in [-0.4, -0.2) is 20.9 Å². The summed E-state index contributed by atoms with van der Waals surface area (Å²) in [7, 11) is 0. The van der Waals surface area contributed by atoms with E-state index in [1.165, 1.54) is 11.5 Å². The molecule has 0 amide bonds. The zero-order valence-corrected chi connectivity index (χ0v) is 10.2. The van der Waals surface area contributed by atoms with Crippen LogP contribution >= 0.6 is 0 Å². The van der Waals surface area contributed by atoms with Crippen molar-refractivity contribution < 1.29 is 9.90 Å². The van der Waals surface area contributed by atoms with E-state index >= 15 is 0 Å². The van der Waals surface area contributed by atoms with Crippen LogP contribution in [0.3, 0.4) is 0 Å². The van der Waals surface area contributed by atoms with Crippen molar-refractivity contribution >= 4 is 16.7 Å². The summed E-state index contributed by atoms with van der Waals surface area (Å²) in [5, 5.41) is 15.2. The molecule has 3 rings (SSSR count). The Bertz CT molecular complexity index is 741. The monoisotopic (exact) mass is 252 g/mol. The molecule has 0 atom stereocenters. The Morgan fingerprint density at radius 3 is 2.68 bits per heavy atom. The fourth-order valence-corrected chi connectivity index (χ4v) is 2.17. The highest BCUT2D eigenvalue weighted by molar-refractivity contribution is 5.86. The maximum Gasteiger partial charge on any atom is 0.356 e. The second kappa shape index (κ2) is 4.57. The predicted molar refractivity (Wildman–Crippen MR) is 72.2 cm³/mol. The molecule has 94 valence electrons. The molecule has 3 aromatic rings. The molecule has 19 heavy (non-hydrogen) atoms. The van der Waals surface area contributed by atoms with E-state index in [0.717, 1.165) is 10.9 Å². The van der Waals surface area contributed by atoms with Crippen molar-refractivity contribution in [2.24, 2.45) is 0 Å². The van der Waals surface area contributed by atoms with Crippen LogP contribution in [0.4, 0.5) is 0 Å². The Balaban J connectivity index is 1.98. The second-order valence-electron chi connectivity index (χ2n) is 4.34. The molecular formula is C15H12N2O2. The molecule has 4 heteroatoms.